The van der Waals surface area contributed by atoms with Crippen LogP contribution in [-0.2, 0) is 20.8 Å². The highest BCUT2D eigenvalue weighted by atomic mass is 19.4. The van der Waals surface area contributed by atoms with Crippen molar-refractivity contribution in [2.75, 3.05) is 26.2 Å². The SMILES string of the molecule is O=C(O)CN(CCc1ccccc1)C(=O)C1CC(=O)N(CC(F)(F)F)C1. The van der Waals surface area contributed by atoms with Crippen LogP contribution < -0.4 is 0 Å². The molecule has 1 heterocycles. The summed E-state index contributed by atoms with van der Waals surface area (Å²) in [5, 5.41) is 9.01. The number of halogens is 3. The van der Waals surface area contributed by atoms with Crippen molar-refractivity contribution in [1.29, 1.82) is 0 Å². The third kappa shape index (κ3) is 5.75. The molecule has 0 spiro atoms. The van der Waals surface area contributed by atoms with Crippen molar-refractivity contribution in [3.05, 3.63) is 35.9 Å². The topological polar surface area (TPSA) is 77.9 Å². The molecule has 1 atom stereocenters. The molecule has 6 nitrogen and oxygen atoms in total. The van der Waals surface area contributed by atoms with Crippen molar-refractivity contribution in [3.8, 4) is 0 Å². The molecule has 1 fully saturated rings. The molecule has 142 valence electrons. The fourth-order valence-corrected chi connectivity index (χ4v) is 2.90. The molecule has 1 aliphatic heterocycles. The van der Waals surface area contributed by atoms with E-state index < -0.39 is 43.0 Å². The van der Waals surface area contributed by atoms with Gasteiger partial charge in [-0.2, -0.15) is 13.2 Å². The predicted molar refractivity (Wildman–Crippen MR) is 85.1 cm³/mol. The molecule has 0 saturated carbocycles. The van der Waals surface area contributed by atoms with Crippen LogP contribution in [0.4, 0.5) is 13.2 Å². The summed E-state index contributed by atoms with van der Waals surface area (Å²) in [6.07, 6.45) is -4.47. The number of hydrogen-bond donors (Lipinski definition) is 1. The Morgan fingerprint density at radius 1 is 1.23 bits per heavy atom. The molecule has 2 rings (SSSR count). The molecule has 1 N–H and O–H groups in total. The molecule has 1 aromatic rings. The van der Waals surface area contributed by atoms with E-state index in [0.29, 0.717) is 11.3 Å². The molecule has 0 bridgehead atoms. The van der Waals surface area contributed by atoms with Crippen LogP contribution in [0.25, 0.3) is 0 Å². The van der Waals surface area contributed by atoms with E-state index in [2.05, 4.69) is 0 Å². The highest BCUT2D eigenvalue weighted by Gasteiger charge is 2.41. The number of hydrogen-bond acceptors (Lipinski definition) is 3. The maximum absolute atomic E-state index is 12.6. The van der Waals surface area contributed by atoms with E-state index in [9.17, 15) is 27.6 Å². The molecule has 1 aromatic carbocycles. The third-order valence-corrected chi connectivity index (χ3v) is 4.08. The summed E-state index contributed by atoms with van der Waals surface area (Å²) < 4.78 is 37.4. The van der Waals surface area contributed by atoms with E-state index in [-0.39, 0.29) is 19.5 Å². The summed E-state index contributed by atoms with van der Waals surface area (Å²) in [7, 11) is 0. The number of rotatable bonds is 7. The van der Waals surface area contributed by atoms with E-state index in [1.54, 1.807) is 0 Å². The normalized spacial score (nSPS) is 17.4. The minimum absolute atomic E-state index is 0.110. The molecule has 2 amide bonds. The van der Waals surface area contributed by atoms with Crippen LogP contribution in [-0.4, -0.2) is 65.0 Å². The fourth-order valence-electron chi connectivity index (χ4n) is 2.90. The Morgan fingerprint density at radius 2 is 1.88 bits per heavy atom. The lowest BCUT2D eigenvalue weighted by molar-refractivity contribution is -0.157. The molecule has 9 heteroatoms. The first-order valence-electron chi connectivity index (χ1n) is 8.05. The Bertz CT molecular complexity index is 664. The van der Waals surface area contributed by atoms with Gasteiger partial charge in [-0.3, -0.25) is 14.4 Å². The van der Waals surface area contributed by atoms with Gasteiger partial charge in [-0.1, -0.05) is 30.3 Å². The summed E-state index contributed by atoms with van der Waals surface area (Å²) in [4.78, 5) is 37.0. The third-order valence-electron chi connectivity index (χ3n) is 4.08. The average Bonchev–Trinajstić information content (AvgIpc) is 2.90. The van der Waals surface area contributed by atoms with Crippen LogP contribution in [0.2, 0.25) is 0 Å². The van der Waals surface area contributed by atoms with Gasteiger partial charge in [-0.15, -0.1) is 0 Å². The van der Waals surface area contributed by atoms with Crippen molar-refractivity contribution in [1.82, 2.24) is 9.80 Å². The minimum Gasteiger partial charge on any atom is -0.480 e. The fraction of sp³-hybridized carbons (Fsp3) is 0.471. The number of alkyl halides is 3. The van der Waals surface area contributed by atoms with Gasteiger partial charge >= 0.3 is 12.1 Å². The van der Waals surface area contributed by atoms with Crippen molar-refractivity contribution in [2.24, 2.45) is 5.92 Å². The number of carboxylic acids is 1. The van der Waals surface area contributed by atoms with E-state index in [4.69, 9.17) is 5.11 Å². The maximum atomic E-state index is 12.6. The van der Waals surface area contributed by atoms with Crippen LogP contribution in [0.5, 0.6) is 0 Å². The van der Waals surface area contributed by atoms with Crippen LogP contribution in [0, 0.1) is 5.92 Å². The number of carbonyl (C=O) groups is 3. The molecule has 0 radical (unpaired) electrons. The second-order valence-corrected chi connectivity index (χ2v) is 6.18. The predicted octanol–water partition coefficient (Wildman–Crippen LogP) is 1.55. The zero-order chi connectivity index (χ0) is 19.3. The highest BCUT2D eigenvalue weighted by molar-refractivity contribution is 5.90. The smallest absolute Gasteiger partial charge is 0.406 e. The van der Waals surface area contributed by atoms with Gasteiger partial charge in [-0.25, -0.2) is 0 Å². The van der Waals surface area contributed by atoms with E-state index in [0.717, 1.165) is 10.5 Å². The van der Waals surface area contributed by atoms with Crippen LogP contribution >= 0.6 is 0 Å². The number of carbonyl (C=O) groups excluding carboxylic acids is 2. The van der Waals surface area contributed by atoms with Gasteiger partial charge < -0.3 is 14.9 Å². The molecule has 0 aromatic heterocycles. The lowest BCUT2D eigenvalue weighted by atomic mass is 10.1. The van der Waals surface area contributed by atoms with E-state index in [1.807, 2.05) is 30.3 Å². The van der Waals surface area contributed by atoms with Crippen LogP contribution in [0.1, 0.15) is 12.0 Å². The van der Waals surface area contributed by atoms with Crippen LogP contribution in [0.3, 0.4) is 0 Å². The minimum atomic E-state index is -4.54. The molecular weight excluding hydrogens is 353 g/mol. The van der Waals surface area contributed by atoms with Gasteiger partial charge in [0.25, 0.3) is 0 Å². The number of aliphatic carboxylic acids is 1. The molecular formula is C17H19F3N2O4. The first-order valence-corrected chi connectivity index (χ1v) is 8.05. The number of likely N-dealkylation sites (tertiary alicyclic amines) is 1. The standard InChI is InChI=1S/C17H19F3N2O4/c18-17(19,20)11-22-9-13(8-14(22)23)16(26)21(10-15(24)25)7-6-12-4-2-1-3-5-12/h1-5,13H,6-11H2,(H,24,25). The second-order valence-electron chi connectivity index (χ2n) is 6.18. The Kier molecular flexibility index (Phi) is 6.23. The Labute approximate surface area is 148 Å². The highest BCUT2D eigenvalue weighted by Crippen LogP contribution is 2.25. The second kappa shape index (κ2) is 8.20. The monoisotopic (exact) mass is 372 g/mol. The number of carboxylic acid groups (broad SMARTS) is 1. The van der Waals surface area contributed by atoms with Gasteiger partial charge in [0.05, 0.1) is 5.92 Å². The lowest BCUT2D eigenvalue weighted by Gasteiger charge is -2.24. The summed E-state index contributed by atoms with van der Waals surface area (Å²) in [6.45, 7) is -2.20. The number of benzene rings is 1. The summed E-state index contributed by atoms with van der Waals surface area (Å²) in [5.74, 6) is -3.54. The first-order chi connectivity index (χ1) is 12.2. The zero-order valence-electron chi connectivity index (χ0n) is 13.9. The lowest BCUT2D eigenvalue weighted by Crippen LogP contribution is -2.42. The van der Waals surface area contributed by atoms with E-state index >= 15 is 0 Å². The first kappa shape index (κ1) is 19.7. The maximum Gasteiger partial charge on any atom is 0.406 e. The quantitative estimate of drug-likeness (QED) is 0.788. The number of amides is 2. The van der Waals surface area contributed by atoms with Gasteiger partial charge in [0, 0.05) is 19.5 Å². The van der Waals surface area contributed by atoms with Crippen molar-refractivity contribution < 1.29 is 32.7 Å². The molecule has 1 aliphatic rings. The summed E-state index contributed by atoms with van der Waals surface area (Å²) in [6, 6.07) is 9.09. The van der Waals surface area contributed by atoms with Gasteiger partial charge in [0.1, 0.15) is 13.1 Å². The van der Waals surface area contributed by atoms with Gasteiger partial charge in [0.2, 0.25) is 11.8 Å². The molecule has 1 saturated heterocycles. The van der Waals surface area contributed by atoms with Crippen LogP contribution in [0.15, 0.2) is 30.3 Å². The summed E-state index contributed by atoms with van der Waals surface area (Å²) >= 11 is 0. The molecule has 26 heavy (non-hydrogen) atoms. The van der Waals surface area contributed by atoms with Gasteiger partial charge in [-0.05, 0) is 12.0 Å². The molecule has 1 unspecified atom stereocenters. The average molecular weight is 372 g/mol. The van der Waals surface area contributed by atoms with E-state index in [1.165, 1.54) is 0 Å². The van der Waals surface area contributed by atoms with Gasteiger partial charge in [0.15, 0.2) is 0 Å². The molecule has 0 aliphatic carbocycles. The Balaban J connectivity index is 2.02. The van der Waals surface area contributed by atoms with Crippen molar-refractivity contribution in [3.63, 3.8) is 0 Å². The summed E-state index contributed by atoms with van der Waals surface area (Å²) in [5.41, 5.74) is 0.900. The zero-order valence-corrected chi connectivity index (χ0v) is 13.9. The number of nitrogens with zero attached hydrogens (tertiary/aromatic N) is 2. The van der Waals surface area contributed by atoms with Crippen molar-refractivity contribution >= 4 is 17.8 Å². The van der Waals surface area contributed by atoms with Crippen molar-refractivity contribution in [2.45, 2.75) is 19.0 Å². The largest absolute Gasteiger partial charge is 0.480 e. The Hall–Kier alpha value is -2.58. The Morgan fingerprint density at radius 3 is 2.46 bits per heavy atom.